The maximum Gasteiger partial charge on any atom is 0.309 e. The highest BCUT2D eigenvalue weighted by Gasteiger charge is 2.40. The van der Waals surface area contributed by atoms with Gasteiger partial charge in [-0.3, -0.25) is 9.59 Å². The molecule has 7 nitrogen and oxygen atoms in total. The molecule has 3 heterocycles. The second-order valence-electron chi connectivity index (χ2n) is 7.77. The number of aryl methyl sites for hydroxylation is 1. The van der Waals surface area contributed by atoms with Crippen LogP contribution in [0.2, 0.25) is 0 Å². The Kier molecular flexibility index (Phi) is 5.94. The van der Waals surface area contributed by atoms with Crippen molar-refractivity contribution in [2.45, 2.75) is 38.2 Å². The van der Waals surface area contributed by atoms with E-state index < -0.39 is 11.9 Å². The van der Waals surface area contributed by atoms with Gasteiger partial charge in [-0.05, 0) is 25.2 Å². The van der Waals surface area contributed by atoms with Crippen LogP contribution >= 0.6 is 0 Å². The Morgan fingerprint density at radius 3 is 2.62 bits per heavy atom. The van der Waals surface area contributed by atoms with Crippen LogP contribution in [0.3, 0.4) is 0 Å². The SMILES string of the molecule is O=C(O)[C@@H]1CCO[C@H]1C1CCN(C(=O)CCc2ncc(-c3ccccc3)o2)CC1. The number of benzene rings is 1. The van der Waals surface area contributed by atoms with E-state index in [4.69, 9.17) is 9.15 Å². The predicted molar refractivity (Wildman–Crippen MR) is 105 cm³/mol. The van der Waals surface area contributed by atoms with Gasteiger partial charge in [0.15, 0.2) is 11.7 Å². The van der Waals surface area contributed by atoms with Crippen LogP contribution in [0.1, 0.15) is 31.6 Å². The Balaban J connectivity index is 1.25. The number of carboxylic acid groups (broad SMARTS) is 1. The molecular formula is C22H26N2O5. The number of carbonyl (C=O) groups is 2. The van der Waals surface area contributed by atoms with Gasteiger partial charge in [0.2, 0.25) is 5.91 Å². The molecule has 4 rings (SSSR count). The second-order valence-corrected chi connectivity index (χ2v) is 7.77. The van der Waals surface area contributed by atoms with Crippen LogP contribution in [0.5, 0.6) is 0 Å². The number of rotatable bonds is 6. The Morgan fingerprint density at radius 2 is 1.90 bits per heavy atom. The Bertz CT molecular complexity index is 842. The number of amides is 1. The molecule has 1 amide bonds. The van der Waals surface area contributed by atoms with Gasteiger partial charge in [0, 0.05) is 38.1 Å². The van der Waals surface area contributed by atoms with Crippen molar-refractivity contribution in [2.75, 3.05) is 19.7 Å². The minimum absolute atomic E-state index is 0.0880. The lowest BCUT2D eigenvalue weighted by Crippen LogP contribution is -2.43. The highest BCUT2D eigenvalue weighted by Crippen LogP contribution is 2.33. The second kappa shape index (κ2) is 8.78. The minimum atomic E-state index is -0.771. The Morgan fingerprint density at radius 1 is 1.14 bits per heavy atom. The molecular weight excluding hydrogens is 372 g/mol. The van der Waals surface area contributed by atoms with Gasteiger partial charge in [-0.15, -0.1) is 0 Å². The summed E-state index contributed by atoms with van der Waals surface area (Å²) in [5, 5.41) is 9.35. The van der Waals surface area contributed by atoms with E-state index >= 15 is 0 Å². The number of nitrogens with zero attached hydrogens (tertiary/aromatic N) is 2. The van der Waals surface area contributed by atoms with Gasteiger partial charge in [0.05, 0.1) is 18.2 Å². The third-order valence-corrected chi connectivity index (χ3v) is 5.97. The van der Waals surface area contributed by atoms with E-state index in [-0.39, 0.29) is 17.9 Å². The summed E-state index contributed by atoms with van der Waals surface area (Å²) < 4.78 is 11.5. The largest absolute Gasteiger partial charge is 0.481 e. The number of likely N-dealkylation sites (tertiary alicyclic amines) is 1. The van der Waals surface area contributed by atoms with Crippen molar-refractivity contribution in [3.05, 3.63) is 42.4 Å². The number of aromatic nitrogens is 1. The van der Waals surface area contributed by atoms with Crippen molar-refractivity contribution >= 4 is 11.9 Å². The van der Waals surface area contributed by atoms with E-state index in [1.807, 2.05) is 35.2 Å². The number of carbonyl (C=O) groups excluding carboxylic acids is 1. The molecule has 2 aliphatic heterocycles. The van der Waals surface area contributed by atoms with Crippen molar-refractivity contribution in [1.82, 2.24) is 9.88 Å². The molecule has 2 atom stereocenters. The number of hydrogen-bond acceptors (Lipinski definition) is 5. The van der Waals surface area contributed by atoms with Crippen molar-refractivity contribution in [1.29, 1.82) is 0 Å². The van der Waals surface area contributed by atoms with E-state index in [2.05, 4.69) is 4.98 Å². The lowest BCUT2D eigenvalue weighted by Gasteiger charge is -2.35. The quantitative estimate of drug-likeness (QED) is 0.804. The first-order chi connectivity index (χ1) is 14.1. The average Bonchev–Trinajstić information content (AvgIpc) is 3.43. The van der Waals surface area contributed by atoms with Gasteiger partial charge in [0.1, 0.15) is 0 Å². The Labute approximate surface area is 169 Å². The zero-order valence-electron chi connectivity index (χ0n) is 16.3. The first-order valence-corrected chi connectivity index (χ1v) is 10.2. The number of ether oxygens (including phenoxy) is 1. The Hall–Kier alpha value is -2.67. The zero-order chi connectivity index (χ0) is 20.2. The summed E-state index contributed by atoms with van der Waals surface area (Å²) in [6, 6.07) is 9.76. The third kappa shape index (κ3) is 4.50. The fraction of sp³-hybridized carbons (Fsp3) is 0.500. The van der Waals surface area contributed by atoms with Gasteiger partial charge in [-0.25, -0.2) is 4.98 Å². The van der Waals surface area contributed by atoms with Crippen LogP contribution < -0.4 is 0 Å². The van der Waals surface area contributed by atoms with E-state index in [0.717, 1.165) is 18.4 Å². The number of hydrogen-bond donors (Lipinski definition) is 1. The van der Waals surface area contributed by atoms with Crippen molar-refractivity contribution in [3.63, 3.8) is 0 Å². The van der Waals surface area contributed by atoms with Gasteiger partial charge < -0.3 is 19.2 Å². The van der Waals surface area contributed by atoms with Crippen molar-refractivity contribution in [3.8, 4) is 11.3 Å². The molecule has 0 saturated carbocycles. The summed E-state index contributed by atoms with van der Waals surface area (Å²) in [6.07, 6.45) is 4.47. The summed E-state index contributed by atoms with van der Waals surface area (Å²) in [4.78, 5) is 30.1. The maximum absolute atomic E-state index is 12.6. The van der Waals surface area contributed by atoms with Crippen LogP contribution in [0.25, 0.3) is 11.3 Å². The fourth-order valence-corrected chi connectivity index (χ4v) is 4.35. The molecule has 0 spiro atoms. The van der Waals surface area contributed by atoms with Crippen LogP contribution in [-0.4, -0.2) is 52.7 Å². The predicted octanol–water partition coefficient (Wildman–Crippen LogP) is 3.00. The lowest BCUT2D eigenvalue weighted by molar-refractivity contribution is -0.146. The molecule has 2 aromatic rings. The fourth-order valence-electron chi connectivity index (χ4n) is 4.35. The molecule has 7 heteroatoms. The number of oxazole rings is 1. The van der Waals surface area contributed by atoms with Crippen molar-refractivity contribution < 1.29 is 23.8 Å². The van der Waals surface area contributed by atoms with Gasteiger partial charge in [0.25, 0.3) is 0 Å². The topological polar surface area (TPSA) is 92.9 Å². The first-order valence-electron chi connectivity index (χ1n) is 10.2. The van der Waals surface area contributed by atoms with E-state index in [1.165, 1.54) is 0 Å². The van der Waals surface area contributed by atoms with Gasteiger partial charge >= 0.3 is 5.97 Å². The highest BCUT2D eigenvalue weighted by molar-refractivity contribution is 5.76. The molecule has 29 heavy (non-hydrogen) atoms. The van der Waals surface area contributed by atoms with E-state index in [1.54, 1.807) is 6.20 Å². The molecule has 1 N–H and O–H groups in total. The standard InChI is InChI=1S/C22H26N2O5/c25-20(7-6-19-23-14-18(29-19)15-4-2-1-3-5-15)24-11-8-16(9-12-24)21-17(22(26)27)10-13-28-21/h1-5,14,16-17,21H,6-13H2,(H,26,27)/t17-,21+/m1/s1. The average molecular weight is 398 g/mol. The number of piperidine rings is 1. The van der Waals surface area contributed by atoms with E-state index in [9.17, 15) is 14.7 Å². The molecule has 1 aromatic heterocycles. The van der Waals surface area contributed by atoms with Crippen LogP contribution in [0, 0.1) is 11.8 Å². The first kappa shape index (κ1) is 19.6. The van der Waals surface area contributed by atoms with Crippen LogP contribution in [0.4, 0.5) is 0 Å². The van der Waals surface area contributed by atoms with Crippen LogP contribution in [0.15, 0.2) is 40.9 Å². The third-order valence-electron chi connectivity index (χ3n) is 5.97. The summed E-state index contributed by atoms with van der Waals surface area (Å²) >= 11 is 0. The number of aliphatic carboxylic acids is 1. The van der Waals surface area contributed by atoms with E-state index in [0.29, 0.717) is 50.6 Å². The smallest absolute Gasteiger partial charge is 0.309 e. The molecule has 2 saturated heterocycles. The summed E-state index contributed by atoms with van der Waals surface area (Å²) in [5.41, 5.74) is 0.966. The minimum Gasteiger partial charge on any atom is -0.481 e. The normalized spacial score (nSPS) is 22.7. The molecule has 0 unspecified atom stereocenters. The lowest BCUT2D eigenvalue weighted by atomic mass is 9.84. The maximum atomic E-state index is 12.6. The molecule has 2 fully saturated rings. The molecule has 0 bridgehead atoms. The number of carboxylic acids is 1. The monoisotopic (exact) mass is 398 g/mol. The molecule has 1 aromatic carbocycles. The summed E-state index contributed by atoms with van der Waals surface area (Å²) in [5.74, 6) is 0.389. The van der Waals surface area contributed by atoms with Crippen molar-refractivity contribution in [2.24, 2.45) is 11.8 Å². The molecule has 0 radical (unpaired) electrons. The molecule has 0 aliphatic carbocycles. The van der Waals surface area contributed by atoms with Crippen LogP contribution in [-0.2, 0) is 20.7 Å². The summed E-state index contributed by atoms with van der Waals surface area (Å²) in [6.45, 7) is 1.81. The van der Waals surface area contributed by atoms with Gasteiger partial charge in [-0.1, -0.05) is 30.3 Å². The summed E-state index contributed by atoms with van der Waals surface area (Å²) in [7, 11) is 0. The highest BCUT2D eigenvalue weighted by atomic mass is 16.5. The molecule has 154 valence electrons. The molecule has 2 aliphatic rings. The van der Waals surface area contributed by atoms with Gasteiger partial charge in [-0.2, -0.15) is 0 Å². The zero-order valence-corrected chi connectivity index (χ0v) is 16.3.